The van der Waals surface area contributed by atoms with Crippen LogP contribution in [-0.2, 0) is 0 Å². The molecule has 1 aromatic rings. The fourth-order valence-electron chi connectivity index (χ4n) is 2.48. The molecule has 6 nitrogen and oxygen atoms in total. The zero-order chi connectivity index (χ0) is 20.4. The van der Waals surface area contributed by atoms with E-state index in [0.717, 1.165) is 5.56 Å². The van der Waals surface area contributed by atoms with Crippen LogP contribution in [-0.4, -0.2) is 60.8 Å². The van der Waals surface area contributed by atoms with Gasteiger partial charge in [0.15, 0.2) is 11.5 Å². The van der Waals surface area contributed by atoms with Crippen LogP contribution in [0.15, 0.2) is 18.2 Å². The predicted molar refractivity (Wildman–Crippen MR) is 110 cm³/mol. The molecular weight excluding hydrogens is 344 g/mol. The molecule has 27 heavy (non-hydrogen) atoms. The Kier molecular flexibility index (Phi) is 10.7. The molecule has 0 aliphatic heterocycles. The third-order valence-corrected chi connectivity index (χ3v) is 4.01. The van der Waals surface area contributed by atoms with Crippen molar-refractivity contribution in [3.05, 3.63) is 23.8 Å². The van der Waals surface area contributed by atoms with E-state index in [2.05, 4.69) is 24.5 Å². The van der Waals surface area contributed by atoms with Gasteiger partial charge < -0.3 is 30.3 Å². The quantitative estimate of drug-likeness (QED) is 0.419. The van der Waals surface area contributed by atoms with Crippen LogP contribution < -0.4 is 20.1 Å². The maximum Gasteiger partial charge on any atom is 0.164 e. The molecular formula is C21H38N2O4. The fraction of sp³-hybridized carbons (Fsp3) is 0.714. The smallest absolute Gasteiger partial charge is 0.164 e. The Morgan fingerprint density at radius 1 is 0.815 bits per heavy atom. The Labute approximate surface area is 164 Å². The highest BCUT2D eigenvalue weighted by Crippen LogP contribution is 2.35. The number of ether oxygens (including phenoxy) is 2. The van der Waals surface area contributed by atoms with Gasteiger partial charge in [0.2, 0.25) is 0 Å². The Hall–Kier alpha value is -1.34. The van der Waals surface area contributed by atoms with Crippen LogP contribution in [0.5, 0.6) is 11.5 Å². The molecule has 0 aliphatic carbocycles. The molecule has 0 fully saturated rings. The first-order valence-electron chi connectivity index (χ1n) is 9.92. The highest BCUT2D eigenvalue weighted by Gasteiger charge is 2.17. The Bertz CT molecular complexity index is 535. The lowest BCUT2D eigenvalue weighted by Gasteiger charge is -2.21. The van der Waals surface area contributed by atoms with Gasteiger partial charge in [-0.2, -0.15) is 0 Å². The lowest BCUT2D eigenvalue weighted by Crippen LogP contribution is -2.35. The van der Waals surface area contributed by atoms with Crippen LogP contribution >= 0.6 is 0 Å². The van der Waals surface area contributed by atoms with Crippen LogP contribution in [0.2, 0.25) is 0 Å². The molecule has 4 N–H and O–H groups in total. The van der Waals surface area contributed by atoms with E-state index in [-0.39, 0.29) is 19.1 Å². The molecule has 0 aromatic heterocycles. The summed E-state index contributed by atoms with van der Waals surface area (Å²) in [5.74, 6) is 1.48. The summed E-state index contributed by atoms with van der Waals surface area (Å²) in [7, 11) is 0. The zero-order valence-electron chi connectivity index (χ0n) is 17.7. The summed E-state index contributed by atoms with van der Waals surface area (Å²) in [6, 6.07) is 6.38. The summed E-state index contributed by atoms with van der Waals surface area (Å²) in [6.07, 6.45) is -1.22. The van der Waals surface area contributed by atoms with Gasteiger partial charge in [0, 0.05) is 30.7 Å². The van der Waals surface area contributed by atoms with E-state index in [9.17, 15) is 10.2 Å². The monoisotopic (exact) mass is 382 g/mol. The van der Waals surface area contributed by atoms with E-state index in [4.69, 9.17) is 9.47 Å². The van der Waals surface area contributed by atoms with Crippen molar-refractivity contribution in [1.82, 2.24) is 10.6 Å². The summed E-state index contributed by atoms with van der Waals surface area (Å²) in [6.45, 7) is 13.6. The number of nitrogens with one attached hydrogen (secondary N) is 2. The Balaban J connectivity index is 2.75. The van der Waals surface area contributed by atoms with Crippen molar-refractivity contribution in [2.45, 2.75) is 71.8 Å². The zero-order valence-corrected chi connectivity index (χ0v) is 17.7. The van der Waals surface area contributed by atoms with Gasteiger partial charge in [-0.25, -0.2) is 0 Å². The second-order valence-electron chi connectivity index (χ2n) is 7.88. The van der Waals surface area contributed by atoms with Crippen molar-refractivity contribution in [2.75, 3.05) is 26.3 Å². The minimum absolute atomic E-state index is 0.176. The first kappa shape index (κ1) is 23.7. The number of hydrogen-bond acceptors (Lipinski definition) is 6. The molecule has 0 spiro atoms. The van der Waals surface area contributed by atoms with E-state index in [0.29, 0.717) is 36.7 Å². The average Bonchev–Trinajstić information content (AvgIpc) is 2.61. The first-order chi connectivity index (χ1) is 12.7. The van der Waals surface area contributed by atoms with Gasteiger partial charge >= 0.3 is 0 Å². The second-order valence-corrected chi connectivity index (χ2v) is 7.88. The van der Waals surface area contributed by atoms with E-state index in [1.54, 1.807) is 0 Å². The van der Waals surface area contributed by atoms with Gasteiger partial charge in [0.05, 0.1) is 0 Å². The van der Waals surface area contributed by atoms with Gasteiger partial charge in [0.1, 0.15) is 25.4 Å². The van der Waals surface area contributed by atoms with Gasteiger partial charge in [0.25, 0.3) is 0 Å². The maximum absolute atomic E-state index is 10.1. The van der Waals surface area contributed by atoms with Crippen LogP contribution in [0, 0.1) is 0 Å². The van der Waals surface area contributed by atoms with Crippen LogP contribution in [0.25, 0.3) is 0 Å². The van der Waals surface area contributed by atoms with Crippen LogP contribution in [0.4, 0.5) is 0 Å². The fourth-order valence-corrected chi connectivity index (χ4v) is 2.48. The van der Waals surface area contributed by atoms with Gasteiger partial charge in [-0.1, -0.05) is 53.7 Å². The van der Waals surface area contributed by atoms with Crippen molar-refractivity contribution < 1.29 is 19.7 Å². The van der Waals surface area contributed by atoms with Crippen molar-refractivity contribution in [3.8, 4) is 11.5 Å². The molecule has 0 saturated heterocycles. The summed E-state index contributed by atoms with van der Waals surface area (Å²) >= 11 is 0. The summed E-state index contributed by atoms with van der Waals surface area (Å²) < 4.78 is 11.8. The van der Waals surface area contributed by atoms with Crippen molar-refractivity contribution in [2.24, 2.45) is 0 Å². The number of rotatable bonds is 13. The molecule has 0 saturated carbocycles. The van der Waals surface area contributed by atoms with E-state index in [1.165, 1.54) is 0 Å². The standard InChI is InChI=1S/C21H38N2O4/c1-14(2)19-8-7-9-20(26-12-17(24)10-22-15(3)4)21(19)27-13-18(25)11-23-16(5)6/h7-9,14-18,22-25H,10-13H2,1-6H3/t17-,18-/m0/s1. The van der Waals surface area contributed by atoms with Crippen molar-refractivity contribution in [1.29, 1.82) is 0 Å². The average molecular weight is 383 g/mol. The molecule has 6 heteroatoms. The lowest BCUT2D eigenvalue weighted by molar-refractivity contribution is 0.0903. The number of benzene rings is 1. The lowest BCUT2D eigenvalue weighted by atomic mass is 10.0. The molecule has 0 bridgehead atoms. The molecule has 0 amide bonds. The topological polar surface area (TPSA) is 83.0 Å². The summed E-state index contributed by atoms with van der Waals surface area (Å²) in [4.78, 5) is 0. The Morgan fingerprint density at radius 3 is 1.81 bits per heavy atom. The number of para-hydroxylation sites is 1. The normalized spacial score (nSPS) is 14.0. The summed E-state index contributed by atoms with van der Waals surface area (Å²) in [5.41, 5.74) is 1.02. The van der Waals surface area contributed by atoms with E-state index < -0.39 is 12.2 Å². The van der Waals surface area contributed by atoms with Crippen molar-refractivity contribution >= 4 is 0 Å². The first-order valence-corrected chi connectivity index (χ1v) is 9.92. The molecule has 0 heterocycles. The van der Waals surface area contributed by atoms with Crippen LogP contribution in [0.3, 0.4) is 0 Å². The predicted octanol–water partition coefficient (Wildman–Crippen LogP) is 2.29. The molecule has 156 valence electrons. The van der Waals surface area contributed by atoms with Crippen LogP contribution in [0.1, 0.15) is 53.0 Å². The van der Waals surface area contributed by atoms with E-state index in [1.807, 2.05) is 45.9 Å². The second kappa shape index (κ2) is 12.2. The minimum atomic E-state index is -0.610. The highest BCUT2D eigenvalue weighted by molar-refractivity contribution is 5.48. The number of hydrogen-bond donors (Lipinski definition) is 4. The largest absolute Gasteiger partial charge is 0.487 e. The van der Waals surface area contributed by atoms with Crippen molar-refractivity contribution in [3.63, 3.8) is 0 Å². The molecule has 2 atom stereocenters. The molecule has 1 rings (SSSR count). The molecule has 0 radical (unpaired) electrons. The molecule has 1 aromatic carbocycles. The number of aliphatic hydroxyl groups is 2. The molecule has 0 aliphatic rings. The van der Waals surface area contributed by atoms with Gasteiger partial charge in [-0.05, 0) is 12.0 Å². The minimum Gasteiger partial charge on any atom is -0.487 e. The third kappa shape index (κ3) is 9.42. The summed E-state index contributed by atoms with van der Waals surface area (Å²) in [5, 5.41) is 26.6. The Morgan fingerprint density at radius 2 is 1.33 bits per heavy atom. The highest BCUT2D eigenvalue weighted by atomic mass is 16.5. The van der Waals surface area contributed by atoms with E-state index >= 15 is 0 Å². The third-order valence-electron chi connectivity index (χ3n) is 4.01. The SMILES string of the molecule is CC(C)NC[C@H](O)COc1cccc(C(C)C)c1OC[C@@H](O)CNC(C)C. The van der Waals surface area contributed by atoms with Gasteiger partial charge in [-0.3, -0.25) is 0 Å². The maximum atomic E-state index is 10.1. The molecule has 0 unspecified atom stereocenters. The number of aliphatic hydroxyl groups excluding tert-OH is 2. The van der Waals surface area contributed by atoms with Gasteiger partial charge in [-0.15, -0.1) is 0 Å².